The summed E-state index contributed by atoms with van der Waals surface area (Å²) in [5.74, 6) is -0.358. The summed E-state index contributed by atoms with van der Waals surface area (Å²) in [7, 11) is 3.90. The van der Waals surface area contributed by atoms with Crippen LogP contribution in [0.3, 0.4) is 0 Å². The largest absolute Gasteiger partial charge is 0.348 e. The van der Waals surface area contributed by atoms with Crippen molar-refractivity contribution in [1.82, 2.24) is 4.90 Å². The van der Waals surface area contributed by atoms with Gasteiger partial charge in [0.1, 0.15) is 11.9 Å². The maximum atomic E-state index is 10.4. The fourth-order valence-electron chi connectivity index (χ4n) is 0.578. The minimum atomic E-state index is -0.358. The van der Waals surface area contributed by atoms with Crippen LogP contribution in [0.5, 0.6) is 0 Å². The lowest BCUT2D eigenvalue weighted by Gasteiger charge is -2.06. The first kappa shape index (κ1) is 13.6. The van der Waals surface area contributed by atoms with Crippen LogP contribution in [0.15, 0.2) is 0 Å². The molecule has 0 unspecified atom stereocenters. The average Bonchev–Trinajstić information content (AvgIpc) is 1.87. The van der Waals surface area contributed by atoms with Crippen molar-refractivity contribution in [1.29, 1.82) is 0 Å². The van der Waals surface area contributed by atoms with Gasteiger partial charge in [-0.1, -0.05) is 0 Å². The van der Waals surface area contributed by atoms with Crippen LogP contribution in [-0.4, -0.2) is 31.5 Å². The van der Waals surface area contributed by atoms with E-state index in [2.05, 4.69) is 4.29 Å². The molecule has 3 nitrogen and oxygen atoms in total. The van der Waals surface area contributed by atoms with E-state index in [9.17, 15) is 4.79 Å². The Labute approximate surface area is 78.2 Å². The van der Waals surface area contributed by atoms with Gasteiger partial charge in [-0.25, -0.2) is 0 Å². The minimum absolute atomic E-state index is 0. The van der Waals surface area contributed by atoms with Gasteiger partial charge in [-0.15, -0.1) is 12.4 Å². The molecule has 68 valence electrons. The zero-order chi connectivity index (χ0) is 7.98. The van der Waals surface area contributed by atoms with Gasteiger partial charge in [-0.2, -0.15) is 0 Å². The molecule has 0 saturated heterocycles. The predicted molar refractivity (Wildman–Crippen MR) is 47.0 cm³/mol. The number of hydrogen-bond acceptors (Lipinski definition) is 3. The van der Waals surface area contributed by atoms with Crippen molar-refractivity contribution in [3.63, 3.8) is 0 Å². The molecule has 0 aliphatic carbocycles. The van der Waals surface area contributed by atoms with Crippen molar-refractivity contribution in [3.05, 3.63) is 0 Å². The first-order valence-electron chi connectivity index (χ1n) is 3.13. The molecule has 0 fully saturated rings. The average molecular weight is 202 g/mol. The van der Waals surface area contributed by atoms with Gasteiger partial charge in [0.25, 0.3) is 0 Å². The molecule has 0 radical (unpaired) electrons. The number of rotatable bonds is 4. The van der Waals surface area contributed by atoms with Gasteiger partial charge in [0.2, 0.25) is 0 Å². The Morgan fingerprint density at radius 2 is 2.09 bits per heavy atom. The Kier molecular flexibility index (Phi) is 10.0. The molecule has 0 atom stereocenters. The first-order chi connectivity index (χ1) is 4.66. The molecule has 0 N–H and O–H groups in total. The highest BCUT2D eigenvalue weighted by molar-refractivity contribution is 6.13. The first-order valence-corrected chi connectivity index (χ1v) is 3.44. The molecule has 0 aliphatic heterocycles. The van der Waals surface area contributed by atoms with E-state index < -0.39 is 0 Å². The quantitative estimate of drug-likeness (QED) is 0.690. The molecular weight excluding hydrogens is 189 g/mol. The Hall–Kier alpha value is 0.01000. The van der Waals surface area contributed by atoms with Crippen molar-refractivity contribution in [2.24, 2.45) is 0 Å². The van der Waals surface area contributed by atoms with Gasteiger partial charge >= 0.3 is 5.97 Å². The van der Waals surface area contributed by atoms with Gasteiger partial charge in [-0.05, 0) is 27.1 Å². The van der Waals surface area contributed by atoms with Crippen LogP contribution in [0.4, 0.5) is 0 Å². The maximum absolute atomic E-state index is 10.4. The molecule has 0 rings (SSSR count). The molecule has 0 spiro atoms. The number of carbonyl (C=O) groups excluding carboxylic acids is 1. The SMILES string of the molecule is CN(C)CCCC(=O)OCl.Cl. The van der Waals surface area contributed by atoms with E-state index in [0.717, 1.165) is 13.0 Å². The molecule has 11 heavy (non-hydrogen) atoms. The monoisotopic (exact) mass is 201 g/mol. The van der Waals surface area contributed by atoms with E-state index in [1.165, 1.54) is 0 Å². The normalized spacial score (nSPS) is 9.09. The van der Waals surface area contributed by atoms with Crippen molar-refractivity contribution in [3.8, 4) is 0 Å². The second-order valence-corrected chi connectivity index (χ2v) is 2.51. The summed E-state index contributed by atoms with van der Waals surface area (Å²) in [5, 5.41) is 0. The summed E-state index contributed by atoms with van der Waals surface area (Å²) in [6.07, 6.45) is 1.18. The standard InChI is InChI=1S/C6H12ClNO2.ClH/c1-8(2)5-3-4-6(9)10-7;/h3-5H2,1-2H3;1H. The van der Waals surface area contributed by atoms with Crippen LogP contribution < -0.4 is 0 Å². The second-order valence-electron chi connectivity index (χ2n) is 2.36. The Bertz CT molecular complexity index is 109. The van der Waals surface area contributed by atoms with Gasteiger partial charge < -0.3 is 9.19 Å². The van der Waals surface area contributed by atoms with Crippen molar-refractivity contribution < 1.29 is 9.08 Å². The maximum Gasteiger partial charge on any atom is 0.324 e. The Morgan fingerprint density at radius 3 is 2.45 bits per heavy atom. The number of carbonyl (C=O) groups is 1. The van der Waals surface area contributed by atoms with Crippen LogP contribution in [0, 0.1) is 0 Å². The van der Waals surface area contributed by atoms with E-state index in [4.69, 9.17) is 11.9 Å². The fraction of sp³-hybridized carbons (Fsp3) is 0.833. The molecule has 0 aromatic carbocycles. The predicted octanol–water partition coefficient (Wildman–Crippen LogP) is 1.45. The van der Waals surface area contributed by atoms with E-state index >= 15 is 0 Å². The number of halogens is 2. The summed E-state index contributed by atoms with van der Waals surface area (Å²) in [6, 6.07) is 0. The highest BCUT2D eigenvalue weighted by Gasteiger charge is 2.00. The molecule has 0 aromatic rings. The van der Waals surface area contributed by atoms with Crippen LogP contribution in [0.25, 0.3) is 0 Å². The molecule has 0 heterocycles. The summed E-state index contributed by atoms with van der Waals surface area (Å²) in [5.41, 5.74) is 0. The lowest BCUT2D eigenvalue weighted by molar-refractivity contribution is -0.134. The molecule has 0 aromatic heterocycles. The molecular formula is C6H13Cl2NO2. The molecule has 0 amide bonds. The van der Waals surface area contributed by atoms with Crippen LogP contribution in [0.1, 0.15) is 12.8 Å². The molecule has 0 aliphatic rings. The lowest BCUT2D eigenvalue weighted by Crippen LogP contribution is -2.14. The summed E-state index contributed by atoms with van der Waals surface area (Å²) >= 11 is 4.80. The third-order valence-corrected chi connectivity index (χ3v) is 1.24. The third kappa shape index (κ3) is 10.0. The molecule has 5 heteroatoms. The summed E-state index contributed by atoms with van der Waals surface area (Å²) in [6.45, 7) is 0.881. The van der Waals surface area contributed by atoms with Crippen LogP contribution in [-0.2, 0) is 9.08 Å². The number of nitrogens with zero attached hydrogens (tertiary/aromatic N) is 1. The second kappa shape index (κ2) is 8.11. The van der Waals surface area contributed by atoms with E-state index in [-0.39, 0.29) is 18.4 Å². The Morgan fingerprint density at radius 1 is 1.55 bits per heavy atom. The van der Waals surface area contributed by atoms with Crippen molar-refractivity contribution in [2.45, 2.75) is 12.8 Å². The molecule has 0 bridgehead atoms. The van der Waals surface area contributed by atoms with Crippen LogP contribution in [0.2, 0.25) is 0 Å². The smallest absolute Gasteiger partial charge is 0.324 e. The summed E-state index contributed by atoms with van der Waals surface area (Å²) in [4.78, 5) is 12.4. The van der Waals surface area contributed by atoms with Gasteiger partial charge in [0.15, 0.2) is 0 Å². The summed E-state index contributed by atoms with van der Waals surface area (Å²) < 4.78 is 3.95. The topological polar surface area (TPSA) is 29.5 Å². The van der Waals surface area contributed by atoms with Gasteiger partial charge in [0.05, 0.1) is 0 Å². The fourth-order valence-corrected chi connectivity index (χ4v) is 0.655. The van der Waals surface area contributed by atoms with Gasteiger partial charge in [0, 0.05) is 6.42 Å². The zero-order valence-electron chi connectivity index (χ0n) is 6.67. The van der Waals surface area contributed by atoms with Crippen molar-refractivity contribution in [2.75, 3.05) is 20.6 Å². The minimum Gasteiger partial charge on any atom is -0.348 e. The van der Waals surface area contributed by atoms with E-state index in [0.29, 0.717) is 6.42 Å². The van der Waals surface area contributed by atoms with E-state index in [1.54, 1.807) is 0 Å². The lowest BCUT2D eigenvalue weighted by atomic mass is 10.3. The molecule has 0 saturated carbocycles. The van der Waals surface area contributed by atoms with Crippen molar-refractivity contribution >= 4 is 30.2 Å². The third-order valence-electron chi connectivity index (χ3n) is 1.07. The zero-order valence-corrected chi connectivity index (χ0v) is 8.24. The Balaban J connectivity index is 0. The highest BCUT2D eigenvalue weighted by Crippen LogP contribution is 1.95. The van der Waals surface area contributed by atoms with Gasteiger partial charge in [-0.3, -0.25) is 4.79 Å². The van der Waals surface area contributed by atoms with Crippen LogP contribution >= 0.6 is 24.3 Å². The number of hydrogen-bond donors (Lipinski definition) is 0. The highest BCUT2D eigenvalue weighted by atomic mass is 35.5. The van der Waals surface area contributed by atoms with E-state index in [1.807, 2.05) is 19.0 Å².